The van der Waals surface area contributed by atoms with Crippen LogP contribution in [-0.2, 0) is 4.79 Å². The van der Waals surface area contributed by atoms with E-state index in [1.165, 1.54) is 0 Å². The molecule has 1 rings (SSSR count). The van der Waals surface area contributed by atoms with Crippen molar-refractivity contribution >= 4 is 21.7 Å². The van der Waals surface area contributed by atoms with Crippen LogP contribution in [0, 0.1) is 0 Å². The first-order valence-electron chi connectivity index (χ1n) is 4.46. The summed E-state index contributed by atoms with van der Waals surface area (Å²) in [6, 6.07) is 0. The van der Waals surface area contributed by atoms with E-state index < -0.39 is 5.60 Å². The zero-order valence-corrected chi connectivity index (χ0v) is 8.77. The molecule has 3 heteroatoms. The van der Waals surface area contributed by atoms with Gasteiger partial charge in [0.25, 0.3) is 0 Å². The summed E-state index contributed by atoms with van der Waals surface area (Å²) >= 11 is 3.33. The minimum atomic E-state index is -0.540. The van der Waals surface area contributed by atoms with E-state index in [9.17, 15) is 9.90 Å². The molecule has 0 radical (unpaired) electrons. The molecule has 0 atom stereocenters. The van der Waals surface area contributed by atoms with Crippen LogP contribution in [0.2, 0.25) is 0 Å². The molecule has 0 aliphatic heterocycles. The molecule has 0 spiro atoms. The van der Waals surface area contributed by atoms with Crippen LogP contribution in [-0.4, -0.2) is 21.8 Å². The molecule has 0 amide bonds. The van der Waals surface area contributed by atoms with Crippen LogP contribution in [0.25, 0.3) is 0 Å². The number of hydrogen-bond donors (Lipinski definition) is 1. The highest BCUT2D eigenvalue weighted by molar-refractivity contribution is 9.09. The predicted octanol–water partition coefficient (Wildman–Crippen LogP) is 2.04. The maximum absolute atomic E-state index is 10.9. The highest BCUT2D eigenvalue weighted by Crippen LogP contribution is 2.30. The molecule has 1 fully saturated rings. The number of rotatable bonds is 3. The maximum Gasteiger partial charge on any atom is 0.133 e. The van der Waals surface area contributed by atoms with Crippen molar-refractivity contribution in [2.24, 2.45) is 0 Å². The molecule has 0 aromatic heterocycles. The second-order valence-corrected chi connectivity index (χ2v) is 4.35. The van der Waals surface area contributed by atoms with Crippen LogP contribution in [0.3, 0.4) is 0 Å². The Morgan fingerprint density at radius 2 is 2.00 bits per heavy atom. The Hall–Kier alpha value is 0.110. The van der Waals surface area contributed by atoms with Gasteiger partial charge in [0.15, 0.2) is 0 Å². The lowest BCUT2D eigenvalue weighted by molar-refractivity contribution is -0.125. The highest BCUT2D eigenvalue weighted by Gasteiger charge is 2.31. The number of Topliss-reactive ketones (excluding diaryl/α,β-unsaturated/α-hetero) is 1. The smallest absolute Gasteiger partial charge is 0.133 e. The van der Waals surface area contributed by atoms with Gasteiger partial charge in [-0.1, -0.05) is 15.9 Å². The normalized spacial score (nSPS) is 22.7. The van der Waals surface area contributed by atoms with Gasteiger partial charge in [0, 0.05) is 18.2 Å². The lowest BCUT2D eigenvalue weighted by Crippen LogP contribution is -2.34. The molecule has 0 saturated heterocycles. The lowest BCUT2D eigenvalue weighted by Gasteiger charge is -2.31. The van der Waals surface area contributed by atoms with Crippen molar-refractivity contribution in [3.05, 3.63) is 0 Å². The van der Waals surface area contributed by atoms with E-state index in [1.54, 1.807) is 0 Å². The van der Waals surface area contributed by atoms with Crippen molar-refractivity contribution in [3.63, 3.8) is 0 Å². The summed E-state index contributed by atoms with van der Waals surface area (Å²) in [7, 11) is 0. The summed E-state index contributed by atoms with van der Waals surface area (Å²) in [6.07, 6.45) is 4.28. The van der Waals surface area contributed by atoms with E-state index in [4.69, 9.17) is 0 Å². The molecule has 2 nitrogen and oxygen atoms in total. The minimum absolute atomic E-state index is 0.304. The van der Waals surface area contributed by atoms with Gasteiger partial charge in [-0.2, -0.15) is 0 Å². The molecule has 0 unspecified atom stereocenters. The standard InChI is InChI=1S/C9H15BrO2/c10-7-1-4-9(12)5-2-8(11)3-6-9/h12H,1-7H2. The number of carbonyl (C=O) groups is 1. The van der Waals surface area contributed by atoms with Gasteiger partial charge in [0.2, 0.25) is 0 Å². The first-order chi connectivity index (χ1) is 5.66. The first kappa shape index (κ1) is 10.2. The second kappa shape index (κ2) is 4.38. The van der Waals surface area contributed by atoms with Gasteiger partial charge in [-0.15, -0.1) is 0 Å². The molecule has 1 saturated carbocycles. The summed E-state index contributed by atoms with van der Waals surface area (Å²) < 4.78 is 0. The average molecular weight is 235 g/mol. The third-order valence-electron chi connectivity index (χ3n) is 2.51. The van der Waals surface area contributed by atoms with Crippen molar-refractivity contribution in [2.75, 3.05) is 5.33 Å². The molecular weight excluding hydrogens is 220 g/mol. The third kappa shape index (κ3) is 2.87. The van der Waals surface area contributed by atoms with Crippen LogP contribution in [0.4, 0.5) is 0 Å². The van der Waals surface area contributed by atoms with Gasteiger partial charge in [-0.3, -0.25) is 4.79 Å². The maximum atomic E-state index is 10.9. The number of carbonyl (C=O) groups excluding carboxylic acids is 1. The van der Waals surface area contributed by atoms with E-state index in [0.717, 1.165) is 18.2 Å². The molecular formula is C9H15BrO2. The summed E-state index contributed by atoms with van der Waals surface area (Å²) in [4.78, 5) is 10.9. The Balaban J connectivity index is 2.34. The fraction of sp³-hybridized carbons (Fsp3) is 0.889. The first-order valence-corrected chi connectivity index (χ1v) is 5.58. The van der Waals surface area contributed by atoms with Crippen LogP contribution < -0.4 is 0 Å². The summed E-state index contributed by atoms with van der Waals surface area (Å²) in [5.41, 5.74) is -0.540. The van der Waals surface area contributed by atoms with Crippen molar-refractivity contribution < 1.29 is 9.90 Å². The van der Waals surface area contributed by atoms with Crippen molar-refractivity contribution in [1.82, 2.24) is 0 Å². The highest BCUT2D eigenvalue weighted by atomic mass is 79.9. The Kier molecular flexibility index (Phi) is 3.72. The van der Waals surface area contributed by atoms with Gasteiger partial charge in [0.05, 0.1) is 5.60 Å². The van der Waals surface area contributed by atoms with E-state index >= 15 is 0 Å². The molecule has 0 heterocycles. The fourth-order valence-corrected chi connectivity index (χ4v) is 1.92. The van der Waals surface area contributed by atoms with E-state index in [2.05, 4.69) is 15.9 Å². The zero-order chi connectivity index (χ0) is 9.03. The van der Waals surface area contributed by atoms with Crippen LogP contribution in [0.15, 0.2) is 0 Å². The topological polar surface area (TPSA) is 37.3 Å². The molecule has 0 bridgehead atoms. The Morgan fingerprint density at radius 3 is 2.50 bits per heavy atom. The monoisotopic (exact) mass is 234 g/mol. The molecule has 0 aromatic rings. The summed E-state index contributed by atoms with van der Waals surface area (Å²) in [5, 5.41) is 10.9. The second-order valence-electron chi connectivity index (χ2n) is 3.56. The number of aliphatic hydroxyl groups is 1. The van der Waals surface area contributed by atoms with E-state index in [-0.39, 0.29) is 0 Å². The fourth-order valence-electron chi connectivity index (χ4n) is 1.64. The number of hydrogen-bond acceptors (Lipinski definition) is 2. The predicted molar refractivity (Wildman–Crippen MR) is 51.5 cm³/mol. The van der Waals surface area contributed by atoms with Crippen LogP contribution in [0.1, 0.15) is 38.5 Å². The largest absolute Gasteiger partial charge is 0.390 e. The van der Waals surface area contributed by atoms with Crippen molar-refractivity contribution in [1.29, 1.82) is 0 Å². The van der Waals surface area contributed by atoms with Crippen molar-refractivity contribution in [3.8, 4) is 0 Å². The molecule has 70 valence electrons. The number of ketones is 1. The molecule has 1 aliphatic rings. The van der Waals surface area contributed by atoms with Gasteiger partial charge < -0.3 is 5.11 Å². The third-order valence-corrected chi connectivity index (χ3v) is 3.07. The van der Waals surface area contributed by atoms with E-state index in [0.29, 0.717) is 31.5 Å². The molecule has 1 aliphatic carbocycles. The molecule has 12 heavy (non-hydrogen) atoms. The zero-order valence-electron chi connectivity index (χ0n) is 7.18. The number of alkyl halides is 1. The average Bonchev–Trinajstić information content (AvgIpc) is 2.08. The summed E-state index contributed by atoms with van der Waals surface area (Å²) in [5.74, 6) is 0.304. The van der Waals surface area contributed by atoms with Crippen molar-refractivity contribution in [2.45, 2.75) is 44.1 Å². The Bertz CT molecular complexity index is 158. The van der Waals surface area contributed by atoms with Gasteiger partial charge in [-0.05, 0) is 25.7 Å². The van der Waals surface area contributed by atoms with Gasteiger partial charge in [0.1, 0.15) is 5.78 Å². The molecule has 1 N–H and O–H groups in total. The number of halogens is 1. The SMILES string of the molecule is O=C1CCC(O)(CCCBr)CC1. The summed E-state index contributed by atoms with van der Waals surface area (Å²) in [6.45, 7) is 0. The van der Waals surface area contributed by atoms with Gasteiger partial charge in [-0.25, -0.2) is 0 Å². The Labute approximate surface area is 81.5 Å². The van der Waals surface area contributed by atoms with Crippen LogP contribution >= 0.6 is 15.9 Å². The van der Waals surface area contributed by atoms with Gasteiger partial charge >= 0.3 is 0 Å². The molecule has 0 aromatic carbocycles. The van der Waals surface area contributed by atoms with E-state index in [1.807, 2.05) is 0 Å². The lowest BCUT2D eigenvalue weighted by atomic mass is 9.81. The quantitative estimate of drug-likeness (QED) is 0.760. The Morgan fingerprint density at radius 1 is 1.42 bits per heavy atom. The van der Waals surface area contributed by atoms with Crippen LogP contribution in [0.5, 0.6) is 0 Å². The minimum Gasteiger partial charge on any atom is -0.390 e.